The van der Waals surface area contributed by atoms with Crippen LogP contribution in [0.15, 0.2) is 41.2 Å². The van der Waals surface area contributed by atoms with Crippen LogP contribution in [0.3, 0.4) is 0 Å². The Morgan fingerprint density at radius 2 is 1.93 bits per heavy atom. The molecule has 2 aliphatic heterocycles. The number of fused-ring (bicyclic) bond motifs is 4. The lowest BCUT2D eigenvalue weighted by Crippen LogP contribution is -2.48. The summed E-state index contributed by atoms with van der Waals surface area (Å²) in [5.74, 6) is 0.418. The monoisotopic (exact) mass is 379 g/mol. The second-order valence-electron chi connectivity index (χ2n) is 7.75. The number of carbonyl (C=O) groups is 2. The first-order valence-electron chi connectivity index (χ1n) is 9.85. The maximum Gasteiger partial charge on any atom is 0.251 e. The Labute approximate surface area is 164 Å². The first kappa shape index (κ1) is 18.5. The molecule has 0 unspecified atom stereocenters. The second kappa shape index (κ2) is 7.26. The van der Waals surface area contributed by atoms with Crippen LogP contribution in [0.1, 0.15) is 42.2 Å². The fourth-order valence-corrected chi connectivity index (χ4v) is 4.56. The number of hydrogen-bond acceptors (Lipinski definition) is 3. The molecule has 1 aromatic carbocycles. The second-order valence-corrected chi connectivity index (χ2v) is 7.75. The summed E-state index contributed by atoms with van der Waals surface area (Å²) in [6.45, 7) is 6.04. The molecule has 2 bridgehead atoms. The van der Waals surface area contributed by atoms with Gasteiger partial charge in [-0.3, -0.25) is 14.4 Å². The minimum Gasteiger partial charge on any atom is -0.352 e. The molecule has 1 fully saturated rings. The Hall–Kier alpha value is -2.89. The van der Waals surface area contributed by atoms with Gasteiger partial charge in [-0.15, -0.1) is 0 Å². The van der Waals surface area contributed by atoms with Gasteiger partial charge in [0.25, 0.3) is 11.5 Å². The average molecular weight is 379 g/mol. The van der Waals surface area contributed by atoms with Gasteiger partial charge in [-0.25, -0.2) is 0 Å². The van der Waals surface area contributed by atoms with Gasteiger partial charge in [-0.1, -0.05) is 18.2 Å². The molecule has 146 valence electrons. The fourth-order valence-electron chi connectivity index (χ4n) is 4.56. The number of carbonyl (C=O) groups excluding carboxylic acids is 2. The zero-order valence-electron chi connectivity index (χ0n) is 16.3. The average Bonchev–Trinajstić information content (AvgIpc) is 2.68. The first-order valence-corrected chi connectivity index (χ1v) is 9.85. The molecule has 2 atom stereocenters. The topological polar surface area (TPSA) is 71.4 Å². The molecule has 28 heavy (non-hydrogen) atoms. The molecule has 2 aliphatic rings. The third-order valence-corrected chi connectivity index (χ3v) is 5.82. The van der Waals surface area contributed by atoms with Crippen molar-refractivity contribution in [3.8, 4) is 11.1 Å². The summed E-state index contributed by atoms with van der Waals surface area (Å²) in [7, 11) is 0. The molecule has 3 heterocycles. The summed E-state index contributed by atoms with van der Waals surface area (Å²) >= 11 is 0. The van der Waals surface area contributed by atoms with E-state index < -0.39 is 0 Å². The third-order valence-electron chi connectivity index (χ3n) is 5.82. The molecule has 0 radical (unpaired) electrons. The molecule has 1 saturated heterocycles. The Bertz CT molecular complexity index is 995. The van der Waals surface area contributed by atoms with Crippen LogP contribution < -0.4 is 10.9 Å². The quantitative estimate of drug-likeness (QED) is 0.889. The van der Waals surface area contributed by atoms with E-state index in [1.165, 1.54) is 0 Å². The van der Waals surface area contributed by atoms with Gasteiger partial charge in [0.05, 0.1) is 0 Å². The molecule has 0 aliphatic carbocycles. The summed E-state index contributed by atoms with van der Waals surface area (Å²) in [4.78, 5) is 39.1. The van der Waals surface area contributed by atoms with Crippen molar-refractivity contribution >= 4 is 11.8 Å². The van der Waals surface area contributed by atoms with E-state index >= 15 is 0 Å². The number of nitrogens with zero attached hydrogens (tertiary/aromatic N) is 2. The predicted molar refractivity (Wildman–Crippen MR) is 107 cm³/mol. The summed E-state index contributed by atoms with van der Waals surface area (Å²) in [5, 5.41) is 2.84. The van der Waals surface area contributed by atoms with Crippen LogP contribution in [0.2, 0.25) is 0 Å². The van der Waals surface area contributed by atoms with Crippen LogP contribution in [0, 0.1) is 5.92 Å². The molecule has 2 aromatic rings. The highest BCUT2D eigenvalue weighted by Crippen LogP contribution is 2.37. The van der Waals surface area contributed by atoms with Crippen LogP contribution in [-0.2, 0) is 11.3 Å². The Morgan fingerprint density at radius 3 is 2.68 bits per heavy atom. The first-order chi connectivity index (χ1) is 13.5. The molecule has 4 rings (SSSR count). The highest BCUT2D eigenvalue weighted by molar-refractivity contribution is 6.00. The van der Waals surface area contributed by atoms with Crippen LogP contribution in [0.25, 0.3) is 11.1 Å². The smallest absolute Gasteiger partial charge is 0.251 e. The van der Waals surface area contributed by atoms with Crippen molar-refractivity contribution in [3.63, 3.8) is 0 Å². The Balaban J connectivity index is 1.79. The number of nitrogens with one attached hydrogen (secondary N) is 1. The van der Waals surface area contributed by atoms with E-state index in [2.05, 4.69) is 5.32 Å². The zero-order valence-corrected chi connectivity index (χ0v) is 16.3. The number of likely N-dealkylation sites (tertiary alicyclic amines) is 1. The van der Waals surface area contributed by atoms with Crippen molar-refractivity contribution in [2.45, 2.75) is 32.7 Å². The standard InChI is InChI=1S/C22H25N3O3/c1-3-23-22(28)19-7-5-4-6-18(19)16-9-20-17-8-15(11-24(13-17)14(2)26)12-25(20)21(27)10-16/h4-7,9-10,15,17H,3,8,11-13H2,1-2H3,(H,23,28)/t15-,17+/m0/s1. The lowest BCUT2D eigenvalue weighted by molar-refractivity contribution is -0.131. The maximum atomic E-state index is 12.9. The van der Waals surface area contributed by atoms with Gasteiger partial charge in [0.1, 0.15) is 0 Å². The summed E-state index contributed by atoms with van der Waals surface area (Å²) < 4.78 is 1.86. The molecular weight excluding hydrogens is 354 g/mol. The van der Waals surface area contributed by atoms with E-state index in [9.17, 15) is 14.4 Å². The predicted octanol–water partition coefficient (Wildman–Crippen LogP) is 2.23. The summed E-state index contributed by atoms with van der Waals surface area (Å²) in [6.07, 6.45) is 0.991. The SMILES string of the molecule is CCNC(=O)c1ccccc1-c1cc2n(c(=O)c1)C[C@H]1C[C@@H]2CN(C(C)=O)C1. The number of pyridine rings is 1. The number of amides is 2. The van der Waals surface area contributed by atoms with Crippen LogP contribution in [-0.4, -0.2) is 40.9 Å². The summed E-state index contributed by atoms with van der Waals surface area (Å²) in [5.41, 5.74) is 3.02. The number of aromatic nitrogens is 1. The zero-order chi connectivity index (χ0) is 19.8. The minimum atomic E-state index is -0.142. The van der Waals surface area contributed by atoms with Gasteiger partial charge in [0.15, 0.2) is 0 Å². The summed E-state index contributed by atoms with van der Waals surface area (Å²) in [6, 6.07) is 11.0. The lowest BCUT2D eigenvalue weighted by Gasteiger charge is -2.42. The van der Waals surface area contributed by atoms with E-state index in [1.54, 1.807) is 19.1 Å². The minimum absolute atomic E-state index is 0.0378. The van der Waals surface area contributed by atoms with Crippen molar-refractivity contribution < 1.29 is 9.59 Å². The number of hydrogen-bond donors (Lipinski definition) is 1. The molecule has 2 amide bonds. The molecule has 6 nitrogen and oxygen atoms in total. The van der Waals surface area contributed by atoms with Crippen molar-refractivity contribution in [1.29, 1.82) is 0 Å². The van der Waals surface area contributed by atoms with Crippen LogP contribution >= 0.6 is 0 Å². The van der Waals surface area contributed by atoms with Gasteiger partial charge >= 0.3 is 0 Å². The molecular formula is C22H25N3O3. The lowest BCUT2D eigenvalue weighted by atomic mass is 9.82. The van der Waals surface area contributed by atoms with Crippen molar-refractivity contribution in [3.05, 3.63) is 58.0 Å². The van der Waals surface area contributed by atoms with Gasteiger partial charge in [0.2, 0.25) is 5.91 Å². The molecule has 0 saturated carbocycles. The van der Waals surface area contributed by atoms with Crippen molar-refractivity contribution in [2.75, 3.05) is 19.6 Å². The van der Waals surface area contributed by atoms with Crippen LogP contribution in [0.4, 0.5) is 0 Å². The maximum absolute atomic E-state index is 12.9. The van der Waals surface area contributed by atoms with E-state index in [0.717, 1.165) is 29.8 Å². The molecule has 1 N–H and O–H groups in total. The number of rotatable bonds is 3. The normalized spacial score (nSPS) is 20.4. The molecule has 0 spiro atoms. The van der Waals surface area contributed by atoms with Gasteiger partial charge in [-0.2, -0.15) is 0 Å². The molecule has 6 heteroatoms. The van der Waals surface area contributed by atoms with Crippen molar-refractivity contribution in [2.24, 2.45) is 5.92 Å². The fraction of sp³-hybridized carbons (Fsp3) is 0.409. The van der Waals surface area contributed by atoms with E-state index in [1.807, 2.05) is 40.7 Å². The van der Waals surface area contributed by atoms with E-state index in [0.29, 0.717) is 31.1 Å². The van der Waals surface area contributed by atoms with Gasteiger partial charge in [0, 0.05) is 56.3 Å². The van der Waals surface area contributed by atoms with Crippen molar-refractivity contribution in [1.82, 2.24) is 14.8 Å². The van der Waals surface area contributed by atoms with Crippen LogP contribution in [0.5, 0.6) is 0 Å². The van der Waals surface area contributed by atoms with Gasteiger partial charge < -0.3 is 14.8 Å². The highest BCUT2D eigenvalue weighted by Gasteiger charge is 2.35. The van der Waals surface area contributed by atoms with E-state index in [4.69, 9.17) is 0 Å². The Morgan fingerprint density at radius 1 is 1.14 bits per heavy atom. The molecule has 1 aromatic heterocycles. The highest BCUT2D eigenvalue weighted by atomic mass is 16.2. The van der Waals surface area contributed by atoms with Gasteiger partial charge in [-0.05, 0) is 42.5 Å². The Kier molecular flexibility index (Phi) is 4.79. The largest absolute Gasteiger partial charge is 0.352 e. The number of benzene rings is 1. The number of piperidine rings is 1. The third kappa shape index (κ3) is 3.23. The van der Waals surface area contributed by atoms with E-state index in [-0.39, 0.29) is 23.3 Å².